The molecular weight excluding hydrogens is 335 g/mol. The molecule has 0 aliphatic rings. The SMILES string of the molecule is C=CCCCCCCCCCn1cc[n+](C)c1.[I-]. The molecule has 0 aliphatic heterocycles. The van der Waals surface area contributed by atoms with Crippen molar-refractivity contribution in [1.29, 1.82) is 0 Å². The number of allylic oxidation sites excluding steroid dienone is 1. The van der Waals surface area contributed by atoms with Gasteiger partial charge in [-0.15, -0.1) is 6.58 Å². The average Bonchev–Trinajstić information content (AvgIpc) is 2.73. The van der Waals surface area contributed by atoms with E-state index in [1.165, 1.54) is 51.4 Å². The predicted molar refractivity (Wildman–Crippen MR) is 72.7 cm³/mol. The zero-order chi connectivity index (χ0) is 12.3. The number of aromatic nitrogens is 2. The molecule has 0 aliphatic carbocycles. The monoisotopic (exact) mass is 362 g/mol. The minimum atomic E-state index is 0. The lowest BCUT2D eigenvalue weighted by atomic mass is 10.1. The highest BCUT2D eigenvalue weighted by Gasteiger charge is 1.99. The molecule has 1 rings (SSSR count). The Labute approximate surface area is 129 Å². The van der Waals surface area contributed by atoms with Gasteiger partial charge in [-0.25, -0.2) is 9.13 Å². The molecular formula is C15H27IN2. The minimum absolute atomic E-state index is 0. The van der Waals surface area contributed by atoms with E-state index in [1.807, 2.05) is 6.08 Å². The van der Waals surface area contributed by atoms with Crippen LogP contribution in [0.3, 0.4) is 0 Å². The molecule has 0 N–H and O–H groups in total. The first kappa shape index (κ1) is 17.7. The van der Waals surface area contributed by atoms with Crippen molar-refractivity contribution >= 4 is 0 Å². The minimum Gasteiger partial charge on any atom is -1.00 e. The van der Waals surface area contributed by atoms with Crippen LogP contribution in [0.5, 0.6) is 0 Å². The molecule has 1 heterocycles. The Morgan fingerprint density at radius 2 is 1.67 bits per heavy atom. The molecule has 0 saturated heterocycles. The maximum atomic E-state index is 3.75. The van der Waals surface area contributed by atoms with Crippen LogP contribution in [0.15, 0.2) is 31.4 Å². The van der Waals surface area contributed by atoms with Crippen LogP contribution in [0, 0.1) is 0 Å². The van der Waals surface area contributed by atoms with Crippen molar-refractivity contribution in [3.05, 3.63) is 31.4 Å². The van der Waals surface area contributed by atoms with Crippen molar-refractivity contribution in [3.8, 4) is 0 Å². The molecule has 104 valence electrons. The maximum Gasteiger partial charge on any atom is 0.243 e. The number of rotatable bonds is 10. The van der Waals surface area contributed by atoms with Gasteiger partial charge in [-0.2, -0.15) is 0 Å². The summed E-state index contributed by atoms with van der Waals surface area (Å²) in [6, 6.07) is 0. The topological polar surface area (TPSA) is 8.81 Å². The average molecular weight is 362 g/mol. The third-order valence-corrected chi connectivity index (χ3v) is 3.15. The fourth-order valence-corrected chi connectivity index (χ4v) is 2.10. The Bertz CT molecular complexity index is 307. The third kappa shape index (κ3) is 8.72. The highest BCUT2D eigenvalue weighted by atomic mass is 127. The third-order valence-electron chi connectivity index (χ3n) is 3.15. The van der Waals surface area contributed by atoms with E-state index in [4.69, 9.17) is 0 Å². The molecule has 0 atom stereocenters. The molecule has 0 saturated carbocycles. The first-order valence-electron chi connectivity index (χ1n) is 6.95. The molecule has 0 unspecified atom stereocenters. The lowest BCUT2D eigenvalue weighted by molar-refractivity contribution is -0.671. The van der Waals surface area contributed by atoms with Gasteiger partial charge in [0.05, 0.1) is 13.6 Å². The van der Waals surface area contributed by atoms with Gasteiger partial charge >= 0.3 is 0 Å². The van der Waals surface area contributed by atoms with E-state index >= 15 is 0 Å². The zero-order valence-electron chi connectivity index (χ0n) is 11.7. The van der Waals surface area contributed by atoms with E-state index in [0.29, 0.717) is 0 Å². The Morgan fingerprint density at radius 3 is 2.22 bits per heavy atom. The highest BCUT2D eigenvalue weighted by Crippen LogP contribution is 2.09. The summed E-state index contributed by atoms with van der Waals surface area (Å²) >= 11 is 0. The summed E-state index contributed by atoms with van der Waals surface area (Å²) in [6.07, 6.45) is 19.2. The lowest BCUT2D eigenvalue weighted by Crippen LogP contribution is -3.00. The first-order valence-corrected chi connectivity index (χ1v) is 6.95. The number of unbranched alkanes of at least 4 members (excludes halogenated alkanes) is 7. The van der Waals surface area contributed by atoms with E-state index in [1.54, 1.807) is 0 Å². The van der Waals surface area contributed by atoms with Crippen molar-refractivity contribution in [3.63, 3.8) is 0 Å². The molecule has 0 spiro atoms. The second-order valence-electron chi connectivity index (χ2n) is 4.87. The van der Waals surface area contributed by atoms with Crippen LogP contribution in [0.2, 0.25) is 0 Å². The number of aryl methyl sites for hydroxylation is 2. The van der Waals surface area contributed by atoms with Crippen LogP contribution in [0.25, 0.3) is 0 Å². The summed E-state index contributed by atoms with van der Waals surface area (Å²) in [7, 11) is 2.07. The van der Waals surface area contributed by atoms with Gasteiger partial charge in [-0.3, -0.25) is 0 Å². The van der Waals surface area contributed by atoms with Crippen LogP contribution in [0.1, 0.15) is 51.4 Å². The van der Waals surface area contributed by atoms with Gasteiger partial charge in [0.25, 0.3) is 0 Å². The standard InChI is InChI=1S/C15H27N2.HI/c1-3-4-5-6-7-8-9-10-11-12-17-14-13-16(2)15-17;/h3,13-15H,1,4-12H2,2H3;1H/q+1;/p-1. The van der Waals surface area contributed by atoms with E-state index in [-0.39, 0.29) is 24.0 Å². The van der Waals surface area contributed by atoms with Crippen molar-refractivity contribution in [2.24, 2.45) is 7.05 Å². The molecule has 0 bridgehead atoms. The second kappa shape index (κ2) is 11.8. The summed E-state index contributed by atoms with van der Waals surface area (Å²) in [4.78, 5) is 0. The van der Waals surface area contributed by atoms with Gasteiger partial charge in [0.1, 0.15) is 12.4 Å². The first-order chi connectivity index (χ1) is 8.33. The van der Waals surface area contributed by atoms with Crippen molar-refractivity contribution in [2.45, 2.75) is 57.9 Å². The number of halogens is 1. The van der Waals surface area contributed by atoms with E-state index in [9.17, 15) is 0 Å². The van der Waals surface area contributed by atoms with Crippen molar-refractivity contribution < 1.29 is 28.5 Å². The maximum absolute atomic E-state index is 3.75. The number of hydrogen-bond acceptors (Lipinski definition) is 0. The van der Waals surface area contributed by atoms with E-state index in [0.717, 1.165) is 6.54 Å². The summed E-state index contributed by atoms with van der Waals surface area (Å²) < 4.78 is 4.36. The molecule has 2 nitrogen and oxygen atoms in total. The zero-order valence-corrected chi connectivity index (χ0v) is 13.8. The largest absolute Gasteiger partial charge is 1.00 e. The molecule has 3 heteroatoms. The molecule has 0 fully saturated rings. The molecule has 0 aromatic carbocycles. The van der Waals surface area contributed by atoms with Crippen LogP contribution in [-0.2, 0) is 13.6 Å². The van der Waals surface area contributed by atoms with Gasteiger partial charge < -0.3 is 24.0 Å². The van der Waals surface area contributed by atoms with E-state index in [2.05, 4.69) is 41.5 Å². The normalized spacial score (nSPS) is 10.1. The highest BCUT2D eigenvalue weighted by molar-refractivity contribution is 4.66. The van der Waals surface area contributed by atoms with Crippen LogP contribution < -0.4 is 28.5 Å². The molecule has 1 aromatic rings. The van der Waals surface area contributed by atoms with Crippen LogP contribution in [-0.4, -0.2) is 4.57 Å². The fourth-order valence-electron chi connectivity index (χ4n) is 2.10. The number of imidazole rings is 1. The van der Waals surface area contributed by atoms with Gasteiger partial charge in [0, 0.05) is 0 Å². The van der Waals surface area contributed by atoms with Crippen LogP contribution in [0.4, 0.5) is 0 Å². The molecule has 1 aromatic heterocycles. The van der Waals surface area contributed by atoms with Gasteiger partial charge in [-0.1, -0.05) is 31.8 Å². The summed E-state index contributed by atoms with van der Waals surface area (Å²) in [6.45, 7) is 4.91. The summed E-state index contributed by atoms with van der Waals surface area (Å²) in [5.41, 5.74) is 0. The Morgan fingerprint density at radius 1 is 1.06 bits per heavy atom. The number of nitrogens with zero attached hydrogens (tertiary/aromatic N) is 2. The fraction of sp³-hybridized carbons (Fsp3) is 0.667. The van der Waals surface area contributed by atoms with E-state index < -0.39 is 0 Å². The smallest absolute Gasteiger partial charge is 0.243 e. The Balaban J connectivity index is 0.00000289. The van der Waals surface area contributed by atoms with Crippen molar-refractivity contribution in [2.75, 3.05) is 0 Å². The number of hydrogen-bond donors (Lipinski definition) is 0. The van der Waals surface area contributed by atoms with Gasteiger partial charge in [-0.05, 0) is 25.7 Å². The quantitative estimate of drug-likeness (QED) is 0.250. The summed E-state index contributed by atoms with van der Waals surface area (Å²) in [5.74, 6) is 0. The molecule has 0 radical (unpaired) electrons. The van der Waals surface area contributed by atoms with Crippen LogP contribution >= 0.6 is 0 Å². The lowest BCUT2D eigenvalue weighted by Gasteiger charge is -2.00. The van der Waals surface area contributed by atoms with Crippen molar-refractivity contribution in [1.82, 2.24) is 4.57 Å². The van der Waals surface area contributed by atoms with Gasteiger partial charge in [0.2, 0.25) is 6.33 Å². The molecule has 0 amide bonds. The second-order valence-corrected chi connectivity index (χ2v) is 4.87. The Kier molecular flexibility index (Phi) is 11.5. The van der Waals surface area contributed by atoms with Gasteiger partial charge in [0.15, 0.2) is 0 Å². The predicted octanol–water partition coefficient (Wildman–Crippen LogP) is 0.623. The molecule has 18 heavy (non-hydrogen) atoms. The Hall–Kier alpha value is -0.320. The summed E-state index contributed by atoms with van der Waals surface area (Å²) in [5, 5.41) is 0.